The molecule has 25 heavy (non-hydrogen) atoms. The van der Waals surface area contributed by atoms with Gasteiger partial charge in [0.2, 0.25) is 10.0 Å². The second-order valence-electron chi connectivity index (χ2n) is 6.44. The molecule has 0 atom stereocenters. The van der Waals surface area contributed by atoms with Gasteiger partial charge in [0.25, 0.3) is 5.91 Å². The van der Waals surface area contributed by atoms with Crippen molar-refractivity contribution in [3.8, 4) is 0 Å². The molecule has 1 amide bonds. The van der Waals surface area contributed by atoms with Crippen LogP contribution < -0.4 is 10.0 Å². The van der Waals surface area contributed by atoms with Crippen LogP contribution >= 0.6 is 0 Å². The first kappa shape index (κ1) is 19.1. The lowest BCUT2D eigenvalue weighted by Gasteiger charge is -2.10. The molecule has 0 heterocycles. The van der Waals surface area contributed by atoms with E-state index in [-0.39, 0.29) is 16.7 Å². The molecule has 2 aromatic rings. The normalized spacial score (nSPS) is 11.5. The van der Waals surface area contributed by atoms with Crippen LogP contribution in [0.1, 0.15) is 35.3 Å². The van der Waals surface area contributed by atoms with E-state index >= 15 is 0 Å². The number of amides is 1. The quantitative estimate of drug-likeness (QED) is 0.797. The molecule has 6 heteroatoms. The molecule has 5 nitrogen and oxygen atoms in total. The zero-order valence-corrected chi connectivity index (χ0v) is 15.6. The third-order valence-corrected chi connectivity index (χ3v) is 5.08. The van der Waals surface area contributed by atoms with Gasteiger partial charge < -0.3 is 5.32 Å². The minimum Gasteiger partial charge on any atom is -0.348 e. The second kappa shape index (κ2) is 8.27. The van der Waals surface area contributed by atoms with Crippen molar-refractivity contribution in [1.29, 1.82) is 0 Å². The first-order valence-corrected chi connectivity index (χ1v) is 9.70. The lowest BCUT2D eigenvalue weighted by atomic mass is 10.1. The summed E-state index contributed by atoms with van der Waals surface area (Å²) in [6, 6.07) is 13.9. The van der Waals surface area contributed by atoms with Crippen molar-refractivity contribution in [1.82, 2.24) is 10.0 Å². The molecule has 0 unspecified atom stereocenters. The van der Waals surface area contributed by atoms with Crippen molar-refractivity contribution < 1.29 is 13.2 Å². The van der Waals surface area contributed by atoms with Crippen molar-refractivity contribution >= 4 is 15.9 Å². The third-order valence-electron chi connectivity index (χ3n) is 3.66. The fourth-order valence-electron chi connectivity index (χ4n) is 2.15. The Balaban J connectivity index is 2.06. The molecular formula is C19H24N2O3S. The van der Waals surface area contributed by atoms with Crippen LogP contribution in [0.5, 0.6) is 0 Å². The maximum atomic E-state index is 12.3. The zero-order chi connectivity index (χ0) is 18.4. The summed E-state index contributed by atoms with van der Waals surface area (Å²) in [5, 5.41) is 2.81. The number of hydrogen-bond donors (Lipinski definition) is 2. The maximum absolute atomic E-state index is 12.3. The van der Waals surface area contributed by atoms with Gasteiger partial charge in [0.15, 0.2) is 0 Å². The molecule has 2 N–H and O–H groups in total. The SMILES string of the molecule is Cc1ccc(CNC(=O)c2cccc(S(=O)(=O)NCC(C)C)c2)cc1. The van der Waals surface area contributed by atoms with Gasteiger partial charge in [-0.2, -0.15) is 0 Å². The summed E-state index contributed by atoms with van der Waals surface area (Å²) in [4.78, 5) is 12.4. The Morgan fingerprint density at radius 2 is 1.76 bits per heavy atom. The smallest absolute Gasteiger partial charge is 0.251 e. The molecule has 0 aliphatic rings. The Labute approximate surface area is 149 Å². The molecular weight excluding hydrogens is 336 g/mol. The highest BCUT2D eigenvalue weighted by atomic mass is 32.2. The molecule has 0 saturated heterocycles. The van der Waals surface area contributed by atoms with E-state index in [2.05, 4.69) is 10.0 Å². The first-order valence-electron chi connectivity index (χ1n) is 8.21. The van der Waals surface area contributed by atoms with E-state index in [1.54, 1.807) is 12.1 Å². The van der Waals surface area contributed by atoms with Crippen molar-refractivity contribution in [3.63, 3.8) is 0 Å². The van der Waals surface area contributed by atoms with Gasteiger partial charge in [0.1, 0.15) is 0 Å². The zero-order valence-electron chi connectivity index (χ0n) is 14.7. The lowest BCUT2D eigenvalue weighted by Crippen LogP contribution is -2.28. The number of benzene rings is 2. The van der Waals surface area contributed by atoms with Gasteiger partial charge in [0, 0.05) is 18.7 Å². The number of carbonyl (C=O) groups is 1. The molecule has 0 aliphatic heterocycles. The predicted octanol–water partition coefficient (Wildman–Crippen LogP) is 2.86. The van der Waals surface area contributed by atoms with Crippen LogP contribution in [0.25, 0.3) is 0 Å². The van der Waals surface area contributed by atoms with E-state index in [0.29, 0.717) is 18.7 Å². The first-order chi connectivity index (χ1) is 11.8. The number of nitrogens with one attached hydrogen (secondary N) is 2. The third kappa shape index (κ3) is 5.69. The van der Waals surface area contributed by atoms with E-state index in [4.69, 9.17) is 0 Å². The summed E-state index contributed by atoms with van der Waals surface area (Å²) in [6.45, 7) is 6.60. The Morgan fingerprint density at radius 1 is 1.08 bits per heavy atom. The maximum Gasteiger partial charge on any atom is 0.251 e. The minimum atomic E-state index is -3.61. The number of sulfonamides is 1. The Morgan fingerprint density at radius 3 is 2.40 bits per heavy atom. The molecule has 0 aliphatic carbocycles. The van der Waals surface area contributed by atoms with Crippen LogP contribution in [0.3, 0.4) is 0 Å². The Hall–Kier alpha value is -2.18. The van der Waals surface area contributed by atoms with Crippen LogP contribution in [0, 0.1) is 12.8 Å². The van der Waals surface area contributed by atoms with E-state index in [9.17, 15) is 13.2 Å². The Kier molecular flexibility index (Phi) is 6.33. The summed E-state index contributed by atoms with van der Waals surface area (Å²) >= 11 is 0. The number of aryl methyl sites for hydroxylation is 1. The number of hydrogen-bond acceptors (Lipinski definition) is 3. The highest BCUT2D eigenvalue weighted by molar-refractivity contribution is 7.89. The van der Waals surface area contributed by atoms with Crippen LogP contribution in [0.4, 0.5) is 0 Å². The van der Waals surface area contributed by atoms with Crippen LogP contribution in [-0.4, -0.2) is 20.9 Å². The molecule has 0 saturated carbocycles. The van der Waals surface area contributed by atoms with Gasteiger partial charge in [-0.25, -0.2) is 13.1 Å². The lowest BCUT2D eigenvalue weighted by molar-refractivity contribution is 0.0950. The summed E-state index contributed by atoms with van der Waals surface area (Å²) in [6.07, 6.45) is 0. The molecule has 134 valence electrons. The second-order valence-corrected chi connectivity index (χ2v) is 8.21. The highest BCUT2D eigenvalue weighted by Crippen LogP contribution is 2.12. The van der Waals surface area contributed by atoms with Gasteiger partial charge in [-0.05, 0) is 36.6 Å². The van der Waals surface area contributed by atoms with E-state index in [0.717, 1.165) is 11.1 Å². The van der Waals surface area contributed by atoms with Crippen LogP contribution in [-0.2, 0) is 16.6 Å². The fourth-order valence-corrected chi connectivity index (χ4v) is 3.41. The molecule has 0 aromatic heterocycles. The summed E-state index contributed by atoms with van der Waals surface area (Å²) < 4.78 is 27.1. The van der Waals surface area contributed by atoms with Gasteiger partial charge in [-0.1, -0.05) is 49.7 Å². The summed E-state index contributed by atoms with van der Waals surface area (Å²) in [7, 11) is -3.61. The summed E-state index contributed by atoms with van der Waals surface area (Å²) in [5.74, 6) is -0.0998. The largest absolute Gasteiger partial charge is 0.348 e. The fraction of sp³-hybridized carbons (Fsp3) is 0.316. The highest BCUT2D eigenvalue weighted by Gasteiger charge is 2.16. The average molecular weight is 360 g/mol. The molecule has 0 bridgehead atoms. The standard InChI is InChI=1S/C19H24N2O3S/c1-14(2)12-21-25(23,24)18-6-4-5-17(11-18)19(22)20-13-16-9-7-15(3)8-10-16/h4-11,14,21H,12-13H2,1-3H3,(H,20,22). The van der Waals surface area contributed by atoms with Crippen molar-refractivity contribution in [3.05, 3.63) is 65.2 Å². The monoisotopic (exact) mass is 360 g/mol. The number of rotatable bonds is 7. The molecule has 0 fully saturated rings. The van der Waals surface area contributed by atoms with Crippen LogP contribution in [0.2, 0.25) is 0 Å². The predicted molar refractivity (Wildman–Crippen MR) is 98.8 cm³/mol. The molecule has 0 spiro atoms. The minimum absolute atomic E-state index is 0.0936. The van der Waals surface area contributed by atoms with Gasteiger partial charge in [-0.3, -0.25) is 4.79 Å². The molecule has 2 rings (SSSR count). The van der Waals surface area contributed by atoms with Crippen LogP contribution in [0.15, 0.2) is 53.4 Å². The topological polar surface area (TPSA) is 75.3 Å². The van der Waals surface area contributed by atoms with E-state index in [1.807, 2.05) is 45.0 Å². The van der Waals surface area contributed by atoms with E-state index in [1.165, 1.54) is 12.1 Å². The molecule has 2 aromatic carbocycles. The van der Waals surface area contributed by atoms with Gasteiger partial charge in [0.05, 0.1) is 4.90 Å². The van der Waals surface area contributed by atoms with E-state index < -0.39 is 10.0 Å². The van der Waals surface area contributed by atoms with Crippen molar-refractivity contribution in [2.75, 3.05) is 6.54 Å². The Bertz CT molecular complexity index is 828. The van der Waals surface area contributed by atoms with Gasteiger partial charge >= 0.3 is 0 Å². The number of carbonyl (C=O) groups excluding carboxylic acids is 1. The average Bonchev–Trinajstić information content (AvgIpc) is 2.59. The van der Waals surface area contributed by atoms with Crippen molar-refractivity contribution in [2.45, 2.75) is 32.2 Å². The summed E-state index contributed by atoms with van der Waals surface area (Å²) in [5.41, 5.74) is 2.46. The van der Waals surface area contributed by atoms with Gasteiger partial charge in [-0.15, -0.1) is 0 Å². The molecule has 0 radical (unpaired) electrons. The van der Waals surface area contributed by atoms with Crippen molar-refractivity contribution in [2.24, 2.45) is 5.92 Å².